The van der Waals surface area contributed by atoms with E-state index in [1.165, 1.54) is 11.8 Å². The number of ketones is 1. The maximum Gasteiger partial charge on any atom is 0.232 e. The third kappa shape index (κ3) is 6.97. The molecule has 144 valence electrons. The maximum atomic E-state index is 12.3. The fraction of sp³-hybridized carbons (Fsp3) is 0.500. The van der Waals surface area contributed by atoms with Gasteiger partial charge in [0, 0.05) is 31.7 Å². The Hall–Kier alpha value is -1.57. The van der Waals surface area contributed by atoms with Gasteiger partial charge in [-0.1, -0.05) is 30.3 Å². The van der Waals surface area contributed by atoms with Gasteiger partial charge in [-0.05, 0) is 12.8 Å². The van der Waals surface area contributed by atoms with Crippen LogP contribution in [0.2, 0.25) is 0 Å². The van der Waals surface area contributed by atoms with Crippen LogP contribution in [0.25, 0.3) is 0 Å². The number of hydrogen-bond donors (Lipinski definition) is 2. The summed E-state index contributed by atoms with van der Waals surface area (Å²) in [4.78, 5) is 38.1. The summed E-state index contributed by atoms with van der Waals surface area (Å²) in [5.41, 5.74) is 6.06. The largest absolute Gasteiger partial charge is 0.355 e. The normalized spacial score (nSPS) is 16.5. The molecular formula is C18H26ClN3O3S. The number of amides is 2. The van der Waals surface area contributed by atoms with E-state index in [1.807, 2.05) is 18.2 Å². The van der Waals surface area contributed by atoms with Crippen molar-refractivity contribution in [2.45, 2.75) is 12.8 Å². The van der Waals surface area contributed by atoms with E-state index < -0.39 is 0 Å². The third-order valence-electron chi connectivity index (χ3n) is 4.14. The SMILES string of the molecule is Cl.NCCNC(=O)C1CCCN(C(=O)CSCC(=O)c2ccccc2)C1. The van der Waals surface area contributed by atoms with Gasteiger partial charge in [0.05, 0.1) is 17.4 Å². The number of Topliss-reactive ketones (excluding diaryl/α,β-unsaturated/α-hetero) is 1. The van der Waals surface area contributed by atoms with Crippen LogP contribution in [-0.4, -0.2) is 60.2 Å². The number of piperidine rings is 1. The summed E-state index contributed by atoms with van der Waals surface area (Å²) in [6.45, 7) is 1.99. The van der Waals surface area contributed by atoms with Gasteiger partial charge in [-0.3, -0.25) is 14.4 Å². The van der Waals surface area contributed by atoms with Crippen molar-refractivity contribution in [1.29, 1.82) is 0 Å². The number of nitrogens with one attached hydrogen (secondary N) is 1. The average molecular weight is 400 g/mol. The number of halogens is 1. The van der Waals surface area contributed by atoms with Crippen molar-refractivity contribution in [1.82, 2.24) is 10.2 Å². The summed E-state index contributed by atoms with van der Waals surface area (Å²) in [5, 5.41) is 2.79. The van der Waals surface area contributed by atoms with Crippen LogP contribution in [0.15, 0.2) is 30.3 Å². The van der Waals surface area contributed by atoms with E-state index >= 15 is 0 Å². The van der Waals surface area contributed by atoms with Gasteiger partial charge < -0.3 is 16.0 Å². The molecule has 0 aliphatic carbocycles. The second kappa shape index (κ2) is 11.9. The van der Waals surface area contributed by atoms with Gasteiger partial charge in [0.1, 0.15) is 0 Å². The number of hydrogen-bond acceptors (Lipinski definition) is 5. The van der Waals surface area contributed by atoms with Crippen LogP contribution in [0, 0.1) is 5.92 Å². The average Bonchev–Trinajstić information content (AvgIpc) is 2.66. The first-order valence-electron chi connectivity index (χ1n) is 8.53. The standard InChI is InChI=1S/C18H25N3O3S.ClH/c19-8-9-20-18(24)15-7-4-10-21(11-15)17(23)13-25-12-16(22)14-5-2-1-3-6-14;/h1-3,5-6,15H,4,7-13,19H2,(H,20,24);1H. The van der Waals surface area contributed by atoms with E-state index in [4.69, 9.17) is 5.73 Å². The number of carbonyl (C=O) groups excluding carboxylic acids is 3. The van der Waals surface area contributed by atoms with Crippen LogP contribution < -0.4 is 11.1 Å². The van der Waals surface area contributed by atoms with Crippen LogP contribution in [0.4, 0.5) is 0 Å². The Morgan fingerprint density at radius 3 is 2.62 bits per heavy atom. The molecule has 2 rings (SSSR count). The van der Waals surface area contributed by atoms with E-state index in [-0.39, 0.29) is 47.4 Å². The summed E-state index contributed by atoms with van der Waals surface area (Å²) in [6, 6.07) is 9.07. The van der Waals surface area contributed by atoms with Crippen LogP contribution in [-0.2, 0) is 9.59 Å². The molecule has 0 spiro atoms. The van der Waals surface area contributed by atoms with Gasteiger partial charge in [0.25, 0.3) is 0 Å². The Labute approximate surface area is 164 Å². The molecule has 1 atom stereocenters. The van der Waals surface area contributed by atoms with Crippen molar-refractivity contribution < 1.29 is 14.4 Å². The van der Waals surface area contributed by atoms with Crippen molar-refractivity contribution in [2.75, 3.05) is 37.7 Å². The zero-order valence-electron chi connectivity index (χ0n) is 14.7. The lowest BCUT2D eigenvalue weighted by atomic mass is 9.97. The van der Waals surface area contributed by atoms with Gasteiger partial charge in [0.15, 0.2) is 5.78 Å². The first-order chi connectivity index (χ1) is 12.1. The van der Waals surface area contributed by atoms with E-state index in [9.17, 15) is 14.4 Å². The predicted octanol–water partition coefficient (Wildman–Crippen LogP) is 1.34. The van der Waals surface area contributed by atoms with E-state index in [2.05, 4.69) is 5.32 Å². The lowest BCUT2D eigenvalue weighted by Gasteiger charge is -2.32. The van der Waals surface area contributed by atoms with Crippen LogP contribution >= 0.6 is 24.2 Å². The zero-order chi connectivity index (χ0) is 18.1. The van der Waals surface area contributed by atoms with Gasteiger partial charge >= 0.3 is 0 Å². The van der Waals surface area contributed by atoms with E-state index in [0.29, 0.717) is 31.7 Å². The number of thioether (sulfide) groups is 1. The monoisotopic (exact) mass is 399 g/mol. The van der Waals surface area contributed by atoms with Gasteiger partial charge in [-0.25, -0.2) is 0 Å². The molecule has 1 saturated heterocycles. The topological polar surface area (TPSA) is 92.5 Å². The second-order valence-corrected chi connectivity index (χ2v) is 7.03. The van der Waals surface area contributed by atoms with Crippen molar-refractivity contribution in [3.05, 3.63) is 35.9 Å². The Morgan fingerprint density at radius 2 is 1.92 bits per heavy atom. The minimum atomic E-state index is -0.166. The summed E-state index contributed by atoms with van der Waals surface area (Å²) in [6.07, 6.45) is 1.61. The molecule has 1 unspecified atom stereocenters. The fourth-order valence-corrected chi connectivity index (χ4v) is 3.60. The minimum absolute atomic E-state index is 0. The van der Waals surface area contributed by atoms with Crippen molar-refractivity contribution in [2.24, 2.45) is 11.7 Å². The molecule has 1 aliphatic heterocycles. The number of benzene rings is 1. The summed E-state index contributed by atoms with van der Waals surface area (Å²) in [5.74, 6) is 0.355. The zero-order valence-corrected chi connectivity index (χ0v) is 16.3. The summed E-state index contributed by atoms with van der Waals surface area (Å²) in [7, 11) is 0. The molecule has 3 N–H and O–H groups in total. The molecule has 0 radical (unpaired) electrons. The molecule has 1 aliphatic rings. The Bertz CT molecular complexity index is 601. The molecule has 0 bridgehead atoms. The van der Waals surface area contributed by atoms with E-state index in [0.717, 1.165) is 12.8 Å². The number of nitrogens with zero attached hydrogens (tertiary/aromatic N) is 1. The number of carbonyl (C=O) groups is 3. The third-order valence-corrected chi connectivity index (χ3v) is 5.06. The lowest BCUT2D eigenvalue weighted by Crippen LogP contribution is -2.46. The van der Waals surface area contributed by atoms with Crippen molar-refractivity contribution in [3.63, 3.8) is 0 Å². The molecule has 0 saturated carbocycles. The number of rotatable bonds is 8. The highest BCUT2D eigenvalue weighted by atomic mass is 35.5. The fourth-order valence-electron chi connectivity index (χ4n) is 2.79. The molecule has 6 nitrogen and oxygen atoms in total. The molecule has 1 fully saturated rings. The maximum absolute atomic E-state index is 12.3. The molecule has 2 amide bonds. The Balaban J connectivity index is 0.00000338. The van der Waals surface area contributed by atoms with Crippen molar-refractivity contribution >= 4 is 41.8 Å². The predicted molar refractivity (Wildman–Crippen MR) is 107 cm³/mol. The molecule has 26 heavy (non-hydrogen) atoms. The highest BCUT2D eigenvalue weighted by Crippen LogP contribution is 2.18. The molecule has 8 heteroatoms. The smallest absolute Gasteiger partial charge is 0.232 e. The van der Waals surface area contributed by atoms with Gasteiger partial charge in [-0.15, -0.1) is 24.2 Å². The van der Waals surface area contributed by atoms with Crippen molar-refractivity contribution in [3.8, 4) is 0 Å². The highest BCUT2D eigenvalue weighted by Gasteiger charge is 2.28. The highest BCUT2D eigenvalue weighted by molar-refractivity contribution is 8.00. The molecule has 1 aromatic rings. The van der Waals surface area contributed by atoms with E-state index in [1.54, 1.807) is 17.0 Å². The number of likely N-dealkylation sites (tertiary alicyclic amines) is 1. The number of nitrogens with two attached hydrogens (primary N) is 1. The summed E-state index contributed by atoms with van der Waals surface area (Å²) < 4.78 is 0. The second-order valence-electron chi connectivity index (χ2n) is 6.04. The molecule has 1 heterocycles. The lowest BCUT2D eigenvalue weighted by molar-refractivity contribution is -0.133. The van der Waals surface area contributed by atoms with Crippen LogP contribution in [0.5, 0.6) is 0 Å². The van der Waals surface area contributed by atoms with Gasteiger partial charge in [-0.2, -0.15) is 0 Å². The Kier molecular flexibility index (Phi) is 10.3. The molecule has 0 aromatic heterocycles. The first kappa shape index (κ1) is 22.5. The molecular weight excluding hydrogens is 374 g/mol. The van der Waals surface area contributed by atoms with Gasteiger partial charge in [0.2, 0.25) is 11.8 Å². The van der Waals surface area contributed by atoms with Crippen LogP contribution in [0.1, 0.15) is 23.2 Å². The minimum Gasteiger partial charge on any atom is -0.355 e. The first-order valence-corrected chi connectivity index (χ1v) is 9.69. The summed E-state index contributed by atoms with van der Waals surface area (Å²) >= 11 is 1.32. The van der Waals surface area contributed by atoms with Crippen LogP contribution in [0.3, 0.4) is 0 Å². The Morgan fingerprint density at radius 1 is 1.19 bits per heavy atom. The quantitative estimate of drug-likeness (QED) is 0.643. The molecule has 1 aromatic carbocycles.